The molecule has 1 saturated carbocycles. The molecule has 3 fully saturated rings. The number of fused-ring (bicyclic) bond motifs is 2. The summed E-state index contributed by atoms with van der Waals surface area (Å²) >= 11 is 0. The lowest BCUT2D eigenvalue weighted by Crippen LogP contribution is -2.60. The number of nitrogens with one attached hydrogen (secondary N) is 2. The van der Waals surface area contributed by atoms with Crippen molar-refractivity contribution in [3.8, 4) is 0 Å². The lowest BCUT2D eigenvalue weighted by molar-refractivity contribution is -0.140. The Bertz CT molecular complexity index is 893. The van der Waals surface area contributed by atoms with E-state index in [2.05, 4.69) is 32.8 Å². The molecular formula is C24H35N5O2. The number of rotatable bonds is 6. The van der Waals surface area contributed by atoms with Gasteiger partial charge in [0.25, 0.3) is 0 Å². The summed E-state index contributed by atoms with van der Waals surface area (Å²) in [5.41, 5.74) is 0.921. The molecule has 0 radical (unpaired) electrons. The van der Waals surface area contributed by atoms with Crippen LogP contribution in [0.4, 0.5) is 0 Å². The second-order valence-electron chi connectivity index (χ2n) is 9.43. The lowest BCUT2D eigenvalue weighted by atomic mass is 9.61. The topological polar surface area (TPSA) is 71.4 Å². The van der Waals surface area contributed by atoms with E-state index in [4.69, 9.17) is 4.74 Å². The predicted molar refractivity (Wildman–Crippen MR) is 121 cm³/mol. The first kappa shape index (κ1) is 20.9. The Morgan fingerprint density at radius 3 is 3.03 bits per heavy atom. The van der Waals surface area contributed by atoms with Crippen LogP contribution in [0.15, 0.2) is 30.5 Å². The molecule has 3 aliphatic rings. The maximum absolute atomic E-state index is 13.4. The quantitative estimate of drug-likeness (QED) is 0.693. The molecular weight excluding hydrogens is 390 g/mol. The van der Waals surface area contributed by atoms with E-state index in [1.807, 2.05) is 23.0 Å². The summed E-state index contributed by atoms with van der Waals surface area (Å²) in [6, 6.07) is 8.89. The van der Waals surface area contributed by atoms with E-state index in [0.29, 0.717) is 18.5 Å². The summed E-state index contributed by atoms with van der Waals surface area (Å²) in [6.45, 7) is 7.15. The van der Waals surface area contributed by atoms with E-state index in [0.717, 1.165) is 83.6 Å². The van der Waals surface area contributed by atoms with Crippen LogP contribution in [-0.2, 0) is 16.1 Å². The van der Waals surface area contributed by atoms with Gasteiger partial charge in [0.2, 0.25) is 5.91 Å². The molecule has 0 unspecified atom stereocenters. The van der Waals surface area contributed by atoms with Crippen LogP contribution in [0, 0.1) is 11.3 Å². The van der Waals surface area contributed by atoms with Crippen molar-refractivity contribution < 1.29 is 9.53 Å². The number of benzene rings is 1. The molecule has 2 aliphatic heterocycles. The Hall–Kier alpha value is -1.96. The summed E-state index contributed by atoms with van der Waals surface area (Å²) in [5.74, 6) is 0.737. The summed E-state index contributed by atoms with van der Waals surface area (Å²) < 4.78 is 7.58. The molecule has 1 amide bonds. The van der Waals surface area contributed by atoms with Gasteiger partial charge in [-0.15, -0.1) is 0 Å². The van der Waals surface area contributed by atoms with Gasteiger partial charge in [-0.1, -0.05) is 18.2 Å². The Balaban J connectivity index is 1.16. The second-order valence-corrected chi connectivity index (χ2v) is 9.43. The molecule has 2 saturated heterocycles. The minimum Gasteiger partial charge on any atom is -0.379 e. The van der Waals surface area contributed by atoms with E-state index in [9.17, 15) is 4.79 Å². The van der Waals surface area contributed by atoms with Crippen LogP contribution < -0.4 is 10.6 Å². The zero-order valence-electron chi connectivity index (χ0n) is 18.4. The number of hydrogen-bond donors (Lipinski definition) is 2. The van der Waals surface area contributed by atoms with Crippen molar-refractivity contribution in [1.82, 2.24) is 25.3 Å². The third-order valence-corrected chi connectivity index (χ3v) is 7.77. The van der Waals surface area contributed by atoms with Gasteiger partial charge >= 0.3 is 0 Å². The number of amides is 1. The number of morpholine rings is 1. The van der Waals surface area contributed by atoms with Crippen LogP contribution in [0.25, 0.3) is 10.9 Å². The normalized spacial score (nSPS) is 29.5. The van der Waals surface area contributed by atoms with Gasteiger partial charge in [0.1, 0.15) is 0 Å². The van der Waals surface area contributed by atoms with E-state index in [1.54, 1.807) is 0 Å². The van der Waals surface area contributed by atoms with E-state index >= 15 is 0 Å². The Kier molecular flexibility index (Phi) is 6.25. The number of aryl methyl sites for hydroxylation is 1. The van der Waals surface area contributed by atoms with Gasteiger partial charge in [-0.2, -0.15) is 5.10 Å². The van der Waals surface area contributed by atoms with Crippen molar-refractivity contribution in [2.24, 2.45) is 11.3 Å². The third kappa shape index (κ3) is 4.23. The van der Waals surface area contributed by atoms with Crippen LogP contribution in [0.2, 0.25) is 0 Å². The summed E-state index contributed by atoms with van der Waals surface area (Å²) in [5, 5.41) is 12.5. The number of aromatic nitrogens is 2. The minimum absolute atomic E-state index is 0.237. The highest BCUT2D eigenvalue weighted by atomic mass is 16.5. The maximum atomic E-state index is 13.4. The Labute approximate surface area is 184 Å². The molecule has 2 aromatic rings. The predicted octanol–water partition coefficient (Wildman–Crippen LogP) is 2.02. The van der Waals surface area contributed by atoms with Crippen molar-refractivity contribution in [1.29, 1.82) is 0 Å². The van der Waals surface area contributed by atoms with Crippen LogP contribution >= 0.6 is 0 Å². The van der Waals surface area contributed by atoms with Crippen LogP contribution in [0.5, 0.6) is 0 Å². The monoisotopic (exact) mass is 425 g/mol. The van der Waals surface area contributed by atoms with Gasteiger partial charge in [-0.05, 0) is 50.6 Å². The highest BCUT2D eigenvalue weighted by Crippen LogP contribution is 2.46. The van der Waals surface area contributed by atoms with Crippen molar-refractivity contribution in [3.05, 3.63) is 30.5 Å². The van der Waals surface area contributed by atoms with Gasteiger partial charge in [0.05, 0.1) is 30.3 Å². The molecule has 2 N–H and O–H groups in total. The van der Waals surface area contributed by atoms with Crippen molar-refractivity contribution in [2.45, 2.75) is 44.7 Å². The molecule has 168 valence electrons. The Morgan fingerprint density at radius 2 is 2.13 bits per heavy atom. The highest BCUT2D eigenvalue weighted by molar-refractivity contribution is 5.83. The molecule has 31 heavy (non-hydrogen) atoms. The van der Waals surface area contributed by atoms with Crippen molar-refractivity contribution in [3.63, 3.8) is 0 Å². The molecule has 0 spiro atoms. The molecule has 7 nitrogen and oxygen atoms in total. The summed E-state index contributed by atoms with van der Waals surface area (Å²) in [7, 11) is 0. The molecule has 1 aromatic heterocycles. The Morgan fingerprint density at radius 1 is 1.26 bits per heavy atom. The maximum Gasteiger partial charge on any atom is 0.227 e. The molecule has 3 heterocycles. The zero-order valence-corrected chi connectivity index (χ0v) is 18.4. The van der Waals surface area contributed by atoms with E-state index in [-0.39, 0.29) is 11.3 Å². The number of carbonyl (C=O) groups excluding carboxylic acids is 1. The average Bonchev–Trinajstić information content (AvgIpc) is 3.25. The number of para-hydroxylation sites is 1. The minimum atomic E-state index is -0.237. The molecule has 1 aromatic carbocycles. The summed E-state index contributed by atoms with van der Waals surface area (Å²) in [6.07, 6.45) is 7.16. The van der Waals surface area contributed by atoms with Gasteiger partial charge in [-0.25, -0.2) is 0 Å². The standard InChI is InChI=1S/C24H35N5O2/c30-23(26-9-3-11-29-22-5-2-1-4-19(22)17-27-29)24-8-6-21(28-12-14-31-15-13-28)16-20(24)7-10-25-18-24/h1-2,4-5,17,20-21,25H,3,6-16,18H2,(H,26,30)/t20-,21+,24-/m1/s1. The molecule has 1 aliphatic carbocycles. The van der Waals surface area contributed by atoms with Crippen LogP contribution in [0.3, 0.4) is 0 Å². The van der Waals surface area contributed by atoms with E-state index < -0.39 is 0 Å². The molecule has 3 atom stereocenters. The largest absolute Gasteiger partial charge is 0.379 e. The van der Waals surface area contributed by atoms with Gasteiger partial charge < -0.3 is 15.4 Å². The molecule has 7 heteroatoms. The fourth-order valence-electron chi connectivity index (χ4n) is 5.98. The van der Waals surface area contributed by atoms with Gasteiger partial charge in [-0.3, -0.25) is 14.4 Å². The number of carbonyl (C=O) groups is 1. The summed E-state index contributed by atoms with van der Waals surface area (Å²) in [4.78, 5) is 16.0. The third-order valence-electron chi connectivity index (χ3n) is 7.77. The zero-order chi connectivity index (χ0) is 21.1. The first-order chi connectivity index (χ1) is 15.3. The first-order valence-electron chi connectivity index (χ1n) is 12.0. The SMILES string of the molecule is O=C(NCCCn1ncc2ccccc21)[C@@]12CC[C@H](N3CCOCC3)C[C@H]1CCNC2. The number of piperidine rings is 1. The number of ether oxygens (including phenoxy) is 1. The average molecular weight is 426 g/mol. The first-order valence-corrected chi connectivity index (χ1v) is 12.0. The van der Waals surface area contributed by atoms with Crippen LogP contribution in [0.1, 0.15) is 32.1 Å². The smallest absolute Gasteiger partial charge is 0.227 e. The lowest BCUT2D eigenvalue weighted by Gasteiger charge is -2.50. The fraction of sp³-hybridized carbons (Fsp3) is 0.667. The van der Waals surface area contributed by atoms with Crippen LogP contribution in [-0.4, -0.2) is 72.6 Å². The second kappa shape index (κ2) is 9.27. The van der Waals surface area contributed by atoms with Crippen molar-refractivity contribution in [2.75, 3.05) is 45.9 Å². The molecule has 5 rings (SSSR count). The number of nitrogens with zero attached hydrogens (tertiary/aromatic N) is 3. The number of hydrogen-bond acceptors (Lipinski definition) is 5. The highest BCUT2D eigenvalue weighted by Gasteiger charge is 2.50. The van der Waals surface area contributed by atoms with Gasteiger partial charge in [0.15, 0.2) is 0 Å². The fourth-order valence-corrected chi connectivity index (χ4v) is 5.98. The molecule has 0 bridgehead atoms. The van der Waals surface area contributed by atoms with Gasteiger partial charge in [0, 0.05) is 44.2 Å². The van der Waals surface area contributed by atoms with Crippen molar-refractivity contribution >= 4 is 16.8 Å². The van der Waals surface area contributed by atoms with E-state index in [1.165, 1.54) is 5.39 Å².